The number of aryl methyl sites for hydroxylation is 6. The predicted octanol–water partition coefficient (Wildman–Crippen LogP) is 23.1. The van der Waals surface area contributed by atoms with Crippen molar-refractivity contribution in [3.8, 4) is 11.4 Å². The van der Waals surface area contributed by atoms with Crippen molar-refractivity contribution in [3.63, 3.8) is 0 Å². The molecule has 20 rings (SSSR count). The monoisotopic (exact) mass is 1130 g/mol. The molecule has 0 spiro atoms. The molecule has 8 aromatic carbocycles. The molecule has 12 heteroatoms. The quantitative estimate of drug-likeness (QED) is 0.171. The molecule has 0 unspecified atom stereocenters. The Bertz CT molecular complexity index is 6190. The summed E-state index contributed by atoms with van der Waals surface area (Å²) in [6, 6.07) is 52.1. The van der Waals surface area contributed by atoms with Crippen LogP contribution in [0.4, 0.5) is 0 Å². The van der Waals surface area contributed by atoms with Crippen LogP contribution in [0, 0.1) is 41.5 Å². The standard InChI is InChI=1S/2C35H21NO3S2/c1-16-4-8-19(9-5-16)36-24-12-17(2)6-10-20(24)29-28(36)31-30(39-29)22-14-26-23(15-25(22)37-31)33-32(38-26)35-34(41-33)21-11-7-18(3)13-27(21)40-35;1-16-4-8-19(9-5-16)36-28-20-10-6-17(2)12-24(20)37-30(28)31-29(36)22-14-26-23(15-25(22)38-31)33-32(39-26)35-34(41-33)21-11-7-18(3)13-27(21)40-35/h2*4-15H,1-3H3. The predicted molar refractivity (Wildman–Crippen MR) is 345 cm³/mol. The van der Waals surface area contributed by atoms with Gasteiger partial charge < -0.3 is 35.6 Å². The number of nitrogens with zero attached hydrogens (tertiary/aromatic N) is 2. The Morgan fingerprint density at radius 1 is 0.256 bits per heavy atom. The third-order valence-corrected chi connectivity index (χ3v) is 21.8. The van der Waals surface area contributed by atoms with Crippen molar-refractivity contribution in [3.05, 3.63) is 179 Å². The Morgan fingerprint density at radius 2 is 0.671 bits per heavy atom. The maximum Gasteiger partial charge on any atom is 0.198 e. The summed E-state index contributed by atoms with van der Waals surface area (Å²) in [5, 5.41) is 8.89. The highest BCUT2D eigenvalue weighted by Crippen LogP contribution is 2.53. The van der Waals surface area contributed by atoms with Gasteiger partial charge in [0.2, 0.25) is 0 Å². The van der Waals surface area contributed by atoms with Gasteiger partial charge in [0.05, 0.1) is 39.1 Å². The van der Waals surface area contributed by atoms with Gasteiger partial charge in [0.25, 0.3) is 0 Å². The molecule has 0 saturated carbocycles. The normalized spacial score (nSPS) is 12.8. The van der Waals surface area contributed by atoms with Crippen LogP contribution in [0.25, 0.3) is 181 Å². The first-order valence-electron chi connectivity index (χ1n) is 27.3. The van der Waals surface area contributed by atoms with Gasteiger partial charge in [-0.25, -0.2) is 0 Å². The summed E-state index contributed by atoms with van der Waals surface area (Å²) in [6.45, 7) is 12.7. The minimum absolute atomic E-state index is 0.762. The molecule has 20 aromatic rings. The SMILES string of the molecule is Cc1ccc(-n2c3c4ccc(C)cc4oc3c3oc4cc5c(cc4c32)oc2c5sc3c4ccc(C)cc4sc23)cc1.Cc1ccc(-n2c3cc(C)ccc3c3oc4c5cc6oc7c(sc8c9ccc(C)cc9sc78)c6cc5oc4c32)cc1. The Labute approximate surface area is 479 Å². The van der Waals surface area contributed by atoms with Gasteiger partial charge in [-0.3, -0.25) is 0 Å². The van der Waals surface area contributed by atoms with Crippen molar-refractivity contribution >= 4 is 215 Å². The average molecular weight is 1140 g/mol. The Morgan fingerprint density at radius 3 is 1.26 bits per heavy atom. The van der Waals surface area contributed by atoms with Gasteiger partial charge in [-0.2, -0.15) is 0 Å². The first-order chi connectivity index (χ1) is 40.0. The molecule has 0 atom stereocenters. The lowest BCUT2D eigenvalue weighted by molar-refractivity contribution is 0.634. The van der Waals surface area contributed by atoms with Crippen LogP contribution in [0.1, 0.15) is 33.4 Å². The lowest BCUT2D eigenvalue weighted by Gasteiger charge is -2.07. The fraction of sp³-hybridized carbons (Fsp3) is 0.0857. The zero-order chi connectivity index (χ0) is 54.3. The van der Waals surface area contributed by atoms with Gasteiger partial charge in [0, 0.05) is 58.5 Å². The minimum atomic E-state index is 0.762. The van der Waals surface area contributed by atoms with E-state index in [2.05, 4.69) is 196 Å². The summed E-state index contributed by atoms with van der Waals surface area (Å²) in [7, 11) is 0. The molecule has 0 saturated heterocycles. The van der Waals surface area contributed by atoms with Crippen molar-refractivity contribution in [2.45, 2.75) is 41.5 Å². The molecule has 0 aliphatic rings. The van der Waals surface area contributed by atoms with Crippen LogP contribution < -0.4 is 0 Å². The topological polar surface area (TPSA) is 88.7 Å². The second kappa shape index (κ2) is 15.9. The van der Waals surface area contributed by atoms with Crippen molar-refractivity contribution in [2.75, 3.05) is 0 Å². The van der Waals surface area contributed by atoms with Crippen LogP contribution in [-0.4, -0.2) is 9.13 Å². The second-order valence-corrected chi connectivity index (χ2v) is 26.5. The number of aromatic nitrogens is 2. The molecule has 82 heavy (non-hydrogen) atoms. The number of rotatable bonds is 2. The highest BCUT2D eigenvalue weighted by Gasteiger charge is 2.29. The molecule has 12 heterocycles. The van der Waals surface area contributed by atoms with E-state index in [-0.39, 0.29) is 0 Å². The maximum absolute atomic E-state index is 6.67. The summed E-state index contributed by atoms with van der Waals surface area (Å²) >= 11 is 7.26. The van der Waals surface area contributed by atoms with Crippen LogP contribution in [0.2, 0.25) is 0 Å². The Balaban J connectivity index is 0.000000122. The van der Waals surface area contributed by atoms with E-state index in [1.54, 1.807) is 0 Å². The molecule has 0 N–H and O–H groups in total. The highest BCUT2D eigenvalue weighted by atomic mass is 32.1. The second-order valence-electron chi connectivity index (χ2n) is 22.4. The molecule has 0 bridgehead atoms. The highest BCUT2D eigenvalue weighted by molar-refractivity contribution is 7.37. The van der Waals surface area contributed by atoms with Gasteiger partial charge in [0.1, 0.15) is 44.5 Å². The molecule has 8 nitrogen and oxygen atoms in total. The number of hydrogen-bond donors (Lipinski definition) is 0. The van der Waals surface area contributed by atoms with E-state index in [9.17, 15) is 0 Å². The van der Waals surface area contributed by atoms with Gasteiger partial charge in [-0.15, -0.1) is 45.3 Å². The first kappa shape index (κ1) is 45.7. The van der Waals surface area contributed by atoms with Crippen LogP contribution in [0.15, 0.2) is 172 Å². The largest absolute Gasteiger partial charge is 0.454 e. The molecular weight excluding hydrogens is 1090 g/mol. The van der Waals surface area contributed by atoms with Crippen LogP contribution in [0.5, 0.6) is 0 Å². The molecule has 0 aliphatic heterocycles. The summed E-state index contributed by atoms with van der Waals surface area (Å²) < 4.78 is 54.3. The Hall–Kier alpha value is -9.04. The minimum Gasteiger partial charge on any atom is -0.454 e. The summed E-state index contributed by atoms with van der Waals surface area (Å²) in [4.78, 5) is 0. The number of benzene rings is 8. The molecule has 0 aliphatic carbocycles. The Kier molecular flexibility index (Phi) is 8.85. The van der Waals surface area contributed by atoms with Crippen molar-refractivity contribution < 1.29 is 26.5 Å². The maximum atomic E-state index is 6.67. The van der Waals surface area contributed by atoms with Gasteiger partial charge in [-0.05, 0) is 149 Å². The van der Waals surface area contributed by atoms with E-state index in [0.717, 1.165) is 133 Å². The molecular formula is C70H42N2O6S4. The van der Waals surface area contributed by atoms with E-state index in [4.69, 9.17) is 26.5 Å². The van der Waals surface area contributed by atoms with E-state index >= 15 is 0 Å². The first-order valence-corrected chi connectivity index (χ1v) is 30.6. The number of furan rings is 6. The van der Waals surface area contributed by atoms with Gasteiger partial charge in [-0.1, -0.05) is 71.8 Å². The molecule has 0 radical (unpaired) electrons. The lowest BCUT2D eigenvalue weighted by Crippen LogP contribution is -1.93. The van der Waals surface area contributed by atoms with Crippen LogP contribution in [-0.2, 0) is 0 Å². The molecule has 12 aromatic heterocycles. The molecule has 392 valence electrons. The fourth-order valence-corrected chi connectivity index (χ4v) is 18.4. The summed E-state index contributed by atoms with van der Waals surface area (Å²) in [5.74, 6) is 0. The molecule has 0 fully saturated rings. The molecule has 0 amide bonds. The van der Waals surface area contributed by atoms with E-state index in [0.29, 0.717) is 0 Å². The van der Waals surface area contributed by atoms with Crippen molar-refractivity contribution in [1.82, 2.24) is 9.13 Å². The van der Waals surface area contributed by atoms with E-state index in [1.807, 2.05) is 45.3 Å². The van der Waals surface area contributed by atoms with E-state index < -0.39 is 0 Å². The lowest BCUT2D eigenvalue weighted by atomic mass is 10.1. The summed E-state index contributed by atoms with van der Waals surface area (Å²) in [6.07, 6.45) is 0. The van der Waals surface area contributed by atoms with E-state index in [1.165, 1.54) is 81.8 Å². The zero-order valence-corrected chi connectivity index (χ0v) is 48.1. The van der Waals surface area contributed by atoms with Crippen LogP contribution in [0.3, 0.4) is 0 Å². The van der Waals surface area contributed by atoms with Crippen molar-refractivity contribution in [1.29, 1.82) is 0 Å². The van der Waals surface area contributed by atoms with Crippen molar-refractivity contribution in [2.24, 2.45) is 0 Å². The third kappa shape index (κ3) is 6.08. The number of hydrogen-bond acceptors (Lipinski definition) is 10. The van der Waals surface area contributed by atoms with Crippen LogP contribution >= 0.6 is 45.3 Å². The average Bonchev–Trinajstić information content (AvgIpc) is 1.82. The third-order valence-electron chi connectivity index (χ3n) is 16.8. The van der Waals surface area contributed by atoms with Gasteiger partial charge >= 0.3 is 0 Å². The number of thiophene rings is 4. The summed E-state index contributed by atoms with van der Waals surface area (Å²) in [5.41, 5.74) is 23.8. The smallest absolute Gasteiger partial charge is 0.198 e. The van der Waals surface area contributed by atoms with Gasteiger partial charge in [0.15, 0.2) is 39.1 Å². The zero-order valence-electron chi connectivity index (χ0n) is 44.8. The number of fused-ring (bicyclic) bond motifs is 28. The fourth-order valence-electron chi connectivity index (χ4n) is 12.9.